The summed E-state index contributed by atoms with van der Waals surface area (Å²) in [7, 11) is 0. The van der Waals surface area contributed by atoms with Crippen LogP contribution in [-0.4, -0.2) is 54.2 Å². The van der Waals surface area contributed by atoms with Gasteiger partial charge >= 0.3 is 6.18 Å². The highest BCUT2D eigenvalue weighted by Crippen LogP contribution is 2.17. The fourth-order valence-electron chi connectivity index (χ4n) is 1.49. The molecule has 0 aromatic rings. The summed E-state index contributed by atoms with van der Waals surface area (Å²) in [6, 6.07) is -3.51. The minimum atomic E-state index is -5.15. The van der Waals surface area contributed by atoms with Crippen LogP contribution in [0.5, 0.6) is 0 Å². The molecule has 0 bridgehead atoms. The van der Waals surface area contributed by atoms with Crippen LogP contribution in [0, 0.1) is 0 Å². The Morgan fingerprint density at radius 2 is 1.45 bits per heavy atom. The van der Waals surface area contributed by atoms with Crippen molar-refractivity contribution in [1.29, 1.82) is 0 Å². The van der Waals surface area contributed by atoms with Gasteiger partial charge in [-0.25, -0.2) is 0 Å². The molecule has 4 amide bonds. The van der Waals surface area contributed by atoms with E-state index in [-0.39, 0.29) is 0 Å². The second-order valence-corrected chi connectivity index (χ2v) is 5.50. The summed E-state index contributed by atoms with van der Waals surface area (Å²) in [5.74, 6) is -5.81. The van der Waals surface area contributed by atoms with Crippen molar-refractivity contribution in [2.24, 2.45) is 5.73 Å². The molecule has 12 heteroatoms. The largest absolute Gasteiger partial charge is 0.452 e. The number of carbonyl (C=O) groups is 5. The summed E-state index contributed by atoms with van der Waals surface area (Å²) in [5, 5.41) is 5.89. The number of halogens is 3. The molecule has 29 heavy (non-hydrogen) atoms. The van der Waals surface area contributed by atoms with Crippen LogP contribution < -0.4 is 21.7 Å². The lowest BCUT2D eigenvalue weighted by atomic mass is 10.1. The molecule has 5 N–H and O–H groups in total. The van der Waals surface area contributed by atoms with Gasteiger partial charge in [0.2, 0.25) is 23.6 Å². The maximum absolute atomic E-state index is 12.3. The van der Waals surface area contributed by atoms with E-state index in [4.69, 9.17) is 5.73 Å². The zero-order valence-electron chi connectivity index (χ0n) is 17.5. The Morgan fingerprint density at radius 1 is 1.00 bits per heavy atom. The van der Waals surface area contributed by atoms with E-state index in [0.717, 1.165) is 13.8 Å². The molecule has 2 atom stereocenters. The van der Waals surface area contributed by atoms with Crippen LogP contribution in [0.3, 0.4) is 0 Å². The average molecular weight is 428 g/mol. The maximum Gasteiger partial charge on any atom is 0.452 e. The van der Waals surface area contributed by atoms with Gasteiger partial charge in [-0.05, 0) is 6.92 Å². The van der Waals surface area contributed by atoms with E-state index in [0.29, 0.717) is 0 Å². The topological polar surface area (TPSA) is 147 Å². The lowest BCUT2D eigenvalue weighted by Gasteiger charge is -2.20. The summed E-state index contributed by atoms with van der Waals surface area (Å²) in [4.78, 5) is 55.9. The second-order valence-electron chi connectivity index (χ2n) is 5.50. The molecule has 0 aliphatic carbocycles. The number of primary amides is 1. The third kappa shape index (κ3) is 17.2. The lowest BCUT2D eigenvalue weighted by molar-refractivity contribution is -0.173. The Hall–Kier alpha value is -2.66. The summed E-state index contributed by atoms with van der Waals surface area (Å²) in [6.45, 7) is 9.66. The van der Waals surface area contributed by atoms with Crippen molar-refractivity contribution in [3.63, 3.8) is 0 Å². The van der Waals surface area contributed by atoms with Gasteiger partial charge in [0.25, 0.3) is 5.78 Å². The summed E-state index contributed by atoms with van der Waals surface area (Å²) in [6.07, 6.45) is -4.61. The Labute approximate surface area is 168 Å². The Kier molecular flexibility index (Phi) is 17.5. The van der Waals surface area contributed by atoms with E-state index in [1.165, 1.54) is 6.42 Å². The second kappa shape index (κ2) is 16.3. The van der Waals surface area contributed by atoms with Gasteiger partial charge in [-0.15, -0.1) is 0 Å². The molecule has 170 valence electrons. The molecule has 0 aliphatic rings. The molecule has 0 saturated heterocycles. The summed E-state index contributed by atoms with van der Waals surface area (Å²) < 4.78 is 36.8. The number of amides is 4. The maximum atomic E-state index is 12.3. The number of nitrogens with one attached hydrogen (secondary N) is 3. The van der Waals surface area contributed by atoms with Crippen molar-refractivity contribution in [3.8, 4) is 0 Å². The highest BCUT2D eigenvalue weighted by Gasteiger charge is 2.42. The van der Waals surface area contributed by atoms with Gasteiger partial charge < -0.3 is 21.7 Å². The molecule has 0 rings (SSSR count). The van der Waals surface area contributed by atoms with E-state index in [1.807, 2.05) is 19.2 Å². The van der Waals surface area contributed by atoms with Gasteiger partial charge in [-0.1, -0.05) is 34.1 Å². The molecule has 0 spiro atoms. The smallest absolute Gasteiger partial charge is 0.370 e. The first kappa shape index (κ1) is 31.0. The van der Waals surface area contributed by atoms with E-state index < -0.39 is 60.6 Å². The summed E-state index contributed by atoms with van der Waals surface area (Å²) >= 11 is 0. The molecule has 0 radical (unpaired) electrons. The van der Waals surface area contributed by atoms with E-state index in [2.05, 4.69) is 19.2 Å². The molecular weight excluding hydrogens is 397 g/mol. The molecule has 0 saturated carbocycles. The van der Waals surface area contributed by atoms with Gasteiger partial charge in [0.05, 0.1) is 19.0 Å². The predicted molar refractivity (Wildman–Crippen MR) is 100 cm³/mol. The first-order chi connectivity index (χ1) is 13.3. The molecule has 0 aromatic carbocycles. The van der Waals surface area contributed by atoms with Crippen LogP contribution in [0.15, 0.2) is 0 Å². The highest BCUT2D eigenvalue weighted by molar-refractivity contribution is 5.96. The first-order valence-electron chi connectivity index (χ1n) is 8.99. The van der Waals surface area contributed by atoms with E-state index in [1.54, 1.807) is 5.32 Å². The van der Waals surface area contributed by atoms with Gasteiger partial charge in [-0.2, -0.15) is 13.2 Å². The molecule has 9 nitrogen and oxygen atoms in total. The van der Waals surface area contributed by atoms with Crippen molar-refractivity contribution in [2.45, 2.75) is 72.6 Å². The van der Waals surface area contributed by atoms with Crippen molar-refractivity contribution in [2.75, 3.05) is 6.54 Å². The fourth-order valence-corrected chi connectivity index (χ4v) is 1.49. The monoisotopic (exact) mass is 428 g/mol. The molecule has 0 aromatic heterocycles. The number of hydrogen-bond acceptors (Lipinski definition) is 5. The van der Waals surface area contributed by atoms with Gasteiger partial charge in [0, 0.05) is 6.92 Å². The van der Waals surface area contributed by atoms with E-state index in [9.17, 15) is 37.1 Å². The average Bonchev–Trinajstić information content (AvgIpc) is 2.59. The van der Waals surface area contributed by atoms with Crippen molar-refractivity contribution >= 4 is 29.4 Å². The van der Waals surface area contributed by atoms with Gasteiger partial charge in [0.15, 0.2) is 0 Å². The SMILES string of the molecule is CC.CC(=O)NCC(=O)NC(CC(N)=O)C(=O)N[C@@H](C)C(=O)C(F)(F)F.CCC. The highest BCUT2D eigenvalue weighted by atomic mass is 19.4. The summed E-state index contributed by atoms with van der Waals surface area (Å²) in [5.41, 5.74) is 4.90. The quantitative estimate of drug-likeness (QED) is 0.446. The lowest BCUT2D eigenvalue weighted by Crippen LogP contribution is -2.54. The Bertz CT molecular complexity index is 554. The van der Waals surface area contributed by atoms with Crippen LogP contribution in [0.4, 0.5) is 13.2 Å². The predicted octanol–water partition coefficient (Wildman–Crippen LogP) is 0.561. The normalized spacial score (nSPS) is 11.9. The first-order valence-corrected chi connectivity index (χ1v) is 8.99. The number of ketones is 1. The standard InChI is InChI=1S/C12H17F3N4O5.C3H8.C2H6/c1-5(10(23)12(13,14)15)18-11(24)7(3-8(16)21)19-9(22)4-17-6(2)20;1-3-2;1-2/h5,7H,3-4H2,1-2H3,(H2,16,21)(H,17,20)(H,18,24)(H,19,22);3H2,1-2H3;1-2H3/t5-,7?;;/m0../s1. The Morgan fingerprint density at radius 3 is 1.79 bits per heavy atom. The third-order valence-electron chi connectivity index (χ3n) is 2.59. The molecule has 0 fully saturated rings. The van der Waals surface area contributed by atoms with E-state index >= 15 is 0 Å². The van der Waals surface area contributed by atoms with Crippen LogP contribution in [0.25, 0.3) is 0 Å². The zero-order chi connectivity index (χ0) is 23.8. The molecule has 0 aliphatic heterocycles. The molecule has 0 heterocycles. The number of hydrogen-bond donors (Lipinski definition) is 4. The van der Waals surface area contributed by atoms with Crippen LogP contribution in [0.1, 0.15) is 54.4 Å². The number of alkyl halides is 3. The van der Waals surface area contributed by atoms with Crippen LogP contribution in [-0.2, 0) is 24.0 Å². The van der Waals surface area contributed by atoms with Crippen molar-refractivity contribution in [3.05, 3.63) is 0 Å². The van der Waals surface area contributed by atoms with Crippen molar-refractivity contribution in [1.82, 2.24) is 16.0 Å². The molecular formula is C17H31F3N4O5. The minimum Gasteiger partial charge on any atom is -0.370 e. The fraction of sp³-hybridized carbons (Fsp3) is 0.706. The van der Waals surface area contributed by atoms with Crippen molar-refractivity contribution < 1.29 is 37.1 Å². The van der Waals surface area contributed by atoms with Crippen LogP contribution in [0.2, 0.25) is 0 Å². The zero-order valence-corrected chi connectivity index (χ0v) is 17.5. The number of carbonyl (C=O) groups excluding carboxylic acids is 5. The number of Topliss-reactive ketones (excluding diaryl/α,β-unsaturated/α-hetero) is 1. The number of nitrogens with two attached hydrogens (primary N) is 1. The number of rotatable bonds is 8. The van der Waals surface area contributed by atoms with Gasteiger partial charge in [-0.3, -0.25) is 24.0 Å². The molecule has 1 unspecified atom stereocenters. The van der Waals surface area contributed by atoms with Crippen LogP contribution >= 0.6 is 0 Å². The Balaban J connectivity index is -0.00000123. The minimum absolute atomic E-state index is 0.519. The van der Waals surface area contributed by atoms with Gasteiger partial charge in [0.1, 0.15) is 6.04 Å². The third-order valence-corrected chi connectivity index (χ3v) is 2.59.